The van der Waals surface area contributed by atoms with Crippen LogP contribution in [0.25, 0.3) is 0 Å². The van der Waals surface area contributed by atoms with Gasteiger partial charge in [0.1, 0.15) is 0 Å². The number of hydrogen-bond donors (Lipinski definition) is 1. The van der Waals surface area contributed by atoms with E-state index in [1.807, 2.05) is 24.4 Å². The predicted octanol–water partition coefficient (Wildman–Crippen LogP) is 3.38. The number of rotatable bonds is 5. The van der Waals surface area contributed by atoms with E-state index in [4.69, 9.17) is 4.74 Å². The van der Waals surface area contributed by atoms with Crippen LogP contribution in [-0.2, 0) is 11.2 Å². The summed E-state index contributed by atoms with van der Waals surface area (Å²) in [5.74, 6) is 0. The van der Waals surface area contributed by atoms with Crippen LogP contribution in [0.15, 0.2) is 36.5 Å². The number of ether oxygens (including phenoxy) is 1. The first kappa shape index (κ1) is 16.0. The molecule has 0 bridgehead atoms. The number of nitrogens with one attached hydrogen (secondary N) is 1. The summed E-state index contributed by atoms with van der Waals surface area (Å²) in [4.78, 5) is 19.3. The molecule has 1 aliphatic heterocycles. The maximum atomic E-state index is 12.2. The van der Waals surface area contributed by atoms with Crippen molar-refractivity contribution >= 4 is 22.5 Å². The summed E-state index contributed by atoms with van der Waals surface area (Å²) in [7, 11) is 1.79. The number of hydrogen-bond acceptors (Lipinski definition) is 4. The third-order valence-electron chi connectivity index (χ3n) is 3.84. The summed E-state index contributed by atoms with van der Waals surface area (Å²) < 4.78 is 5.56. The van der Waals surface area contributed by atoms with E-state index in [1.54, 1.807) is 11.9 Å². The van der Waals surface area contributed by atoms with Gasteiger partial charge in [-0.25, -0.2) is 9.78 Å². The summed E-state index contributed by atoms with van der Waals surface area (Å²) in [5.41, 5.74) is 1.24. The molecule has 0 aliphatic carbocycles. The van der Waals surface area contributed by atoms with E-state index in [0.717, 1.165) is 30.7 Å². The zero-order chi connectivity index (χ0) is 16.1. The Kier molecular flexibility index (Phi) is 5.25. The molecule has 1 aromatic carbocycles. The number of anilines is 1. The molecule has 2 aromatic rings. The minimum absolute atomic E-state index is 0.138. The van der Waals surface area contributed by atoms with Crippen LogP contribution in [0.3, 0.4) is 0 Å². The molecule has 3 rings (SSSR count). The van der Waals surface area contributed by atoms with E-state index in [9.17, 15) is 4.79 Å². The van der Waals surface area contributed by atoms with E-state index >= 15 is 0 Å². The first-order valence-electron chi connectivity index (χ1n) is 7.83. The number of carbonyl (C=O) groups is 1. The smallest absolute Gasteiger partial charge is 0.323 e. The van der Waals surface area contributed by atoms with Crippen molar-refractivity contribution in [2.24, 2.45) is 0 Å². The van der Waals surface area contributed by atoms with Gasteiger partial charge in [-0.05, 0) is 18.4 Å². The van der Waals surface area contributed by atoms with Crippen molar-refractivity contribution in [3.05, 3.63) is 47.0 Å². The molecule has 0 saturated carbocycles. The zero-order valence-electron chi connectivity index (χ0n) is 13.2. The van der Waals surface area contributed by atoms with Crippen LogP contribution >= 0.6 is 11.3 Å². The van der Waals surface area contributed by atoms with Crippen molar-refractivity contribution < 1.29 is 9.53 Å². The highest BCUT2D eigenvalue weighted by Crippen LogP contribution is 2.21. The molecule has 1 aliphatic rings. The van der Waals surface area contributed by atoms with Crippen LogP contribution in [0, 0.1) is 0 Å². The average Bonchev–Trinajstić information content (AvgIpc) is 3.20. The van der Waals surface area contributed by atoms with Gasteiger partial charge in [0, 0.05) is 37.7 Å². The number of carbonyl (C=O) groups excluding carboxylic acids is 1. The molecule has 2 heterocycles. The minimum Gasteiger partial charge on any atom is -0.376 e. The lowest BCUT2D eigenvalue weighted by Gasteiger charge is -2.20. The fourth-order valence-electron chi connectivity index (χ4n) is 2.61. The normalized spacial score (nSPS) is 17.2. The van der Waals surface area contributed by atoms with E-state index in [2.05, 4.69) is 22.4 Å². The maximum Gasteiger partial charge on any atom is 0.323 e. The molecule has 1 fully saturated rings. The fraction of sp³-hybridized carbons (Fsp3) is 0.412. The molecule has 0 spiro atoms. The number of aromatic nitrogens is 1. The van der Waals surface area contributed by atoms with Gasteiger partial charge in [-0.15, -0.1) is 11.3 Å². The number of likely N-dealkylation sites (N-methyl/N-ethyl adjacent to an activating group) is 1. The first-order valence-corrected chi connectivity index (χ1v) is 8.65. The highest BCUT2D eigenvalue weighted by atomic mass is 32.1. The summed E-state index contributed by atoms with van der Waals surface area (Å²) >= 11 is 1.52. The van der Waals surface area contributed by atoms with Gasteiger partial charge in [0.05, 0.1) is 6.10 Å². The fourth-order valence-corrected chi connectivity index (χ4v) is 3.44. The second kappa shape index (κ2) is 7.57. The molecule has 1 saturated heterocycles. The molecular weight excluding hydrogens is 310 g/mol. The lowest BCUT2D eigenvalue weighted by atomic mass is 10.1. The number of benzene rings is 1. The predicted molar refractivity (Wildman–Crippen MR) is 92.0 cm³/mol. The number of amides is 2. The Morgan fingerprint density at radius 1 is 1.43 bits per heavy atom. The van der Waals surface area contributed by atoms with Crippen LogP contribution in [0.2, 0.25) is 0 Å². The summed E-state index contributed by atoms with van der Waals surface area (Å²) in [6.07, 6.45) is 4.93. The molecular formula is C17H21N3O2S. The van der Waals surface area contributed by atoms with Crippen LogP contribution < -0.4 is 5.32 Å². The Morgan fingerprint density at radius 2 is 2.26 bits per heavy atom. The van der Waals surface area contributed by atoms with Gasteiger partial charge < -0.3 is 9.64 Å². The van der Waals surface area contributed by atoms with Gasteiger partial charge in [0.2, 0.25) is 0 Å². The first-order chi connectivity index (χ1) is 11.2. The molecule has 1 N–H and O–H groups in total. The van der Waals surface area contributed by atoms with E-state index in [0.29, 0.717) is 11.7 Å². The summed E-state index contributed by atoms with van der Waals surface area (Å²) in [5, 5.41) is 3.50. The maximum absolute atomic E-state index is 12.2. The number of thiazole rings is 1. The van der Waals surface area contributed by atoms with Crippen LogP contribution in [-0.4, -0.2) is 42.2 Å². The van der Waals surface area contributed by atoms with Gasteiger partial charge in [-0.3, -0.25) is 5.32 Å². The quantitative estimate of drug-likeness (QED) is 0.914. The molecule has 6 heteroatoms. The van der Waals surface area contributed by atoms with Gasteiger partial charge in [-0.1, -0.05) is 30.3 Å². The van der Waals surface area contributed by atoms with Crippen molar-refractivity contribution in [2.75, 3.05) is 25.5 Å². The minimum atomic E-state index is -0.138. The zero-order valence-corrected chi connectivity index (χ0v) is 14.0. The molecule has 0 radical (unpaired) electrons. The van der Waals surface area contributed by atoms with E-state index in [1.165, 1.54) is 16.9 Å². The second-order valence-electron chi connectivity index (χ2n) is 5.74. The molecule has 2 amide bonds. The lowest BCUT2D eigenvalue weighted by Crippen LogP contribution is -2.37. The lowest BCUT2D eigenvalue weighted by molar-refractivity contribution is 0.0894. The average molecular weight is 331 g/mol. The Balaban J connectivity index is 1.52. The van der Waals surface area contributed by atoms with Gasteiger partial charge in [0.25, 0.3) is 0 Å². The molecule has 5 nitrogen and oxygen atoms in total. The van der Waals surface area contributed by atoms with Crippen molar-refractivity contribution in [1.82, 2.24) is 9.88 Å². The van der Waals surface area contributed by atoms with Gasteiger partial charge >= 0.3 is 6.03 Å². The van der Waals surface area contributed by atoms with Crippen LogP contribution in [0.5, 0.6) is 0 Å². The monoisotopic (exact) mass is 331 g/mol. The highest BCUT2D eigenvalue weighted by molar-refractivity contribution is 7.15. The molecule has 122 valence electrons. The Bertz CT molecular complexity index is 638. The van der Waals surface area contributed by atoms with E-state index < -0.39 is 0 Å². The topological polar surface area (TPSA) is 54.5 Å². The Morgan fingerprint density at radius 3 is 3.00 bits per heavy atom. The van der Waals surface area contributed by atoms with Gasteiger partial charge in [0.15, 0.2) is 5.13 Å². The largest absolute Gasteiger partial charge is 0.376 e. The van der Waals surface area contributed by atoms with Crippen molar-refractivity contribution in [1.29, 1.82) is 0 Å². The molecule has 1 atom stereocenters. The molecule has 1 aromatic heterocycles. The van der Waals surface area contributed by atoms with Crippen LogP contribution in [0.4, 0.5) is 9.93 Å². The third kappa shape index (κ3) is 4.53. The van der Waals surface area contributed by atoms with Gasteiger partial charge in [-0.2, -0.15) is 0 Å². The molecule has 1 unspecified atom stereocenters. The van der Waals surface area contributed by atoms with Crippen molar-refractivity contribution in [3.8, 4) is 0 Å². The van der Waals surface area contributed by atoms with Crippen molar-refractivity contribution in [3.63, 3.8) is 0 Å². The number of urea groups is 1. The Hall–Kier alpha value is -1.92. The Labute approximate surface area is 140 Å². The van der Waals surface area contributed by atoms with E-state index in [-0.39, 0.29) is 12.1 Å². The molecule has 23 heavy (non-hydrogen) atoms. The summed E-state index contributed by atoms with van der Waals surface area (Å²) in [6, 6.07) is 10.1. The SMILES string of the molecule is CN(CC1CCCO1)C(=O)Nc1ncc(Cc2ccccc2)s1. The highest BCUT2D eigenvalue weighted by Gasteiger charge is 2.20. The van der Waals surface area contributed by atoms with Crippen molar-refractivity contribution in [2.45, 2.75) is 25.4 Å². The van der Waals surface area contributed by atoms with Crippen LogP contribution in [0.1, 0.15) is 23.3 Å². The summed E-state index contributed by atoms with van der Waals surface area (Å²) in [6.45, 7) is 1.42. The third-order valence-corrected chi connectivity index (χ3v) is 4.75. The number of nitrogens with zero attached hydrogens (tertiary/aromatic N) is 2. The second-order valence-corrected chi connectivity index (χ2v) is 6.86. The standard InChI is InChI=1S/C17H21N3O2S/c1-20(12-14-8-5-9-22-14)17(21)19-16-18-11-15(23-16)10-13-6-3-2-4-7-13/h2-4,6-7,11,14H,5,8-10,12H2,1H3,(H,18,19,21).